The summed E-state index contributed by atoms with van der Waals surface area (Å²) in [6, 6.07) is 15.6. The number of rotatable bonds is 3. The van der Waals surface area contributed by atoms with Crippen molar-refractivity contribution < 1.29 is 0 Å². The number of halogens is 1. The van der Waals surface area contributed by atoms with Crippen molar-refractivity contribution in [1.29, 1.82) is 0 Å². The molecule has 0 fully saturated rings. The first kappa shape index (κ1) is 12.8. The van der Waals surface area contributed by atoms with Crippen molar-refractivity contribution in [1.82, 2.24) is 4.98 Å². The zero-order chi connectivity index (χ0) is 13.9. The number of benzene rings is 2. The van der Waals surface area contributed by atoms with Gasteiger partial charge >= 0.3 is 0 Å². The average Bonchev–Trinajstić information content (AvgIpc) is 2.77. The first-order valence-electron chi connectivity index (χ1n) is 6.36. The lowest BCUT2D eigenvalue weighted by molar-refractivity contribution is 1.28. The molecule has 1 aromatic heterocycles. The van der Waals surface area contributed by atoms with Crippen LogP contribution in [0.2, 0.25) is 5.02 Å². The van der Waals surface area contributed by atoms with E-state index in [4.69, 9.17) is 11.6 Å². The molecule has 0 aliphatic rings. The van der Waals surface area contributed by atoms with Gasteiger partial charge in [0, 0.05) is 27.2 Å². The SMILES string of the molecule is Cc1[nH]c2ccccc2c1/C=N\Nc1ccc(Cl)cc1. The first-order chi connectivity index (χ1) is 9.74. The second-order valence-electron chi connectivity index (χ2n) is 4.59. The van der Waals surface area contributed by atoms with Crippen LogP contribution in [0.1, 0.15) is 11.3 Å². The minimum atomic E-state index is 0.715. The molecule has 0 atom stereocenters. The Morgan fingerprint density at radius 2 is 1.85 bits per heavy atom. The van der Waals surface area contributed by atoms with E-state index in [1.165, 1.54) is 5.39 Å². The lowest BCUT2D eigenvalue weighted by Crippen LogP contribution is -1.91. The highest BCUT2D eigenvalue weighted by molar-refractivity contribution is 6.30. The Morgan fingerprint density at radius 1 is 1.10 bits per heavy atom. The summed E-state index contributed by atoms with van der Waals surface area (Å²) in [5.41, 5.74) is 7.23. The van der Waals surface area contributed by atoms with Gasteiger partial charge in [-0.25, -0.2) is 0 Å². The van der Waals surface area contributed by atoms with Gasteiger partial charge in [-0.15, -0.1) is 0 Å². The van der Waals surface area contributed by atoms with Gasteiger partial charge in [-0.05, 0) is 37.3 Å². The molecule has 3 nitrogen and oxygen atoms in total. The van der Waals surface area contributed by atoms with Gasteiger partial charge in [0.25, 0.3) is 0 Å². The van der Waals surface area contributed by atoms with Crippen molar-refractivity contribution in [3.05, 3.63) is 64.8 Å². The standard InChI is InChI=1S/C16H14ClN3/c1-11-15(14-4-2-3-5-16(14)19-11)10-18-20-13-8-6-12(17)7-9-13/h2-10,19-20H,1H3/b18-10-. The number of para-hydroxylation sites is 1. The van der Waals surface area contributed by atoms with Crippen molar-refractivity contribution in [3.63, 3.8) is 0 Å². The highest BCUT2D eigenvalue weighted by Gasteiger charge is 2.04. The van der Waals surface area contributed by atoms with Crippen LogP contribution >= 0.6 is 11.6 Å². The van der Waals surface area contributed by atoms with Gasteiger partial charge < -0.3 is 4.98 Å². The van der Waals surface area contributed by atoms with Crippen LogP contribution in [0.5, 0.6) is 0 Å². The molecule has 0 unspecified atom stereocenters. The smallest absolute Gasteiger partial charge is 0.0568 e. The summed E-state index contributed by atoms with van der Waals surface area (Å²) < 4.78 is 0. The van der Waals surface area contributed by atoms with E-state index in [0.717, 1.165) is 22.5 Å². The normalized spacial score (nSPS) is 11.3. The number of aryl methyl sites for hydroxylation is 1. The molecule has 0 amide bonds. The molecule has 1 heterocycles. The van der Waals surface area contributed by atoms with Crippen molar-refractivity contribution in [2.75, 3.05) is 5.43 Å². The van der Waals surface area contributed by atoms with E-state index in [-0.39, 0.29) is 0 Å². The molecule has 20 heavy (non-hydrogen) atoms. The van der Waals surface area contributed by atoms with Gasteiger partial charge in [-0.3, -0.25) is 5.43 Å². The summed E-state index contributed by atoms with van der Waals surface area (Å²) in [7, 11) is 0. The number of aromatic amines is 1. The number of nitrogens with zero attached hydrogens (tertiary/aromatic N) is 1. The molecule has 0 bridgehead atoms. The molecule has 3 rings (SSSR count). The van der Waals surface area contributed by atoms with E-state index in [9.17, 15) is 0 Å². The lowest BCUT2D eigenvalue weighted by atomic mass is 10.1. The van der Waals surface area contributed by atoms with Crippen LogP contribution in [0.4, 0.5) is 5.69 Å². The summed E-state index contributed by atoms with van der Waals surface area (Å²) in [5, 5.41) is 6.17. The predicted molar refractivity (Wildman–Crippen MR) is 85.7 cm³/mol. The van der Waals surface area contributed by atoms with Crippen molar-refractivity contribution in [2.45, 2.75) is 6.92 Å². The van der Waals surface area contributed by atoms with Crippen LogP contribution in [-0.4, -0.2) is 11.2 Å². The third kappa shape index (κ3) is 2.53. The Labute approximate surface area is 122 Å². The van der Waals surface area contributed by atoms with Gasteiger partial charge in [0.05, 0.1) is 11.9 Å². The number of H-pyrrole nitrogens is 1. The number of aromatic nitrogens is 1. The Morgan fingerprint density at radius 3 is 2.65 bits per heavy atom. The Balaban J connectivity index is 1.84. The molecule has 0 saturated heterocycles. The lowest BCUT2D eigenvalue weighted by Gasteiger charge is -1.99. The maximum Gasteiger partial charge on any atom is 0.0568 e. The molecule has 0 radical (unpaired) electrons. The quantitative estimate of drug-likeness (QED) is 0.536. The molecule has 0 aliphatic heterocycles. The largest absolute Gasteiger partial charge is 0.358 e. The van der Waals surface area contributed by atoms with Gasteiger partial charge in [-0.2, -0.15) is 5.10 Å². The molecular weight excluding hydrogens is 270 g/mol. The second-order valence-corrected chi connectivity index (χ2v) is 5.02. The molecule has 0 spiro atoms. The first-order valence-corrected chi connectivity index (χ1v) is 6.74. The predicted octanol–water partition coefficient (Wildman–Crippen LogP) is 4.58. The van der Waals surface area contributed by atoms with E-state index in [2.05, 4.69) is 27.6 Å². The number of nitrogens with one attached hydrogen (secondary N) is 2. The second kappa shape index (κ2) is 5.39. The van der Waals surface area contributed by atoms with Crippen LogP contribution < -0.4 is 5.43 Å². The highest BCUT2D eigenvalue weighted by Crippen LogP contribution is 2.20. The molecule has 0 saturated carbocycles. The van der Waals surface area contributed by atoms with E-state index < -0.39 is 0 Å². The average molecular weight is 284 g/mol. The number of anilines is 1. The highest BCUT2D eigenvalue weighted by atomic mass is 35.5. The van der Waals surface area contributed by atoms with Crippen LogP contribution in [-0.2, 0) is 0 Å². The molecule has 100 valence electrons. The summed E-state index contributed by atoms with van der Waals surface area (Å²) in [4.78, 5) is 3.35. The number of hydrazone groups is 1. The molecule has 2 N–H and O–H groups in total. The monoisotopic (exact) mass is 283 g/mol. The Bertz CT molecular complexity index is 757. The van der Waals surface area contributed by atoms with Crippen LogP contribution in [0.3, 0.4) is 0 Å². The number of hydrogen-bond acceptors (Lipinski definition) is 2. The van der Waals surface area contributed by atoms with Gasteiger partial charge in [0.1, 0.15) is 0 Å². The van der Waals surface area contributed by atoms with Crippen molar-refractivity contribution in [3.8, 4) is 0 Å². The maximum absolute atomic E-state index is 5.84. The third-order valence-electron chi connectivity index (χ3n) is 3.17. The van der Waals surface area contributed by atoms with Crippen molar-refractivity contribution in [2.24, 2.45) is 5.10 Å². The van der Waals surface area contributed by atoms with E-state index in [0.29, 0.717) is 5.02 Å². The van der Waals surface area contributed by atoms with Gasteiger partial charge in [0.15, 0.2) is 0 Å². The van der Waals surface area contributed by atoms with Crippen LogP contribution in [0, 0.1) is 6.92 Å². The summed E-state index contributed by atoms with van der Waals surface area (Å²) in [5.74, 6) is 0. The fourth-order valence-corrected chi connectivity index (χ4v) is 2.29. The van der Waals surface area contributed by atoms with E-state index in [1.54, 1.807) is 0 Å². The minimum Gasteiger partial charge on any atom is -0.358 e. The van der Waals surface area contributed by atoms with Gasteiger partial charge in [0.2, 0.25) is 0 Å². The Hall–Kier alpha value is -2.26. The molecular formula is C16H14ClN3. The topological polar surface area (TPSA) is 40.2 Å². The zero-order valence-corrected chi connectivity index (χ0v) is 11.8. The summed E-state index contributed by atoms with van der Waals surface area (Å²) in [6.07, 6.45) is 1.84. The molecule has 4 heteroatoms. The third-order valence-corrected chi connectivity index (χ3v) is 3.43. The maximum atomic E-state index is 5.84. The van der Waals surface area contributed by atoms with Crippen LogP contribution in [0.25, 0.3) is 10.9 Å². The minimum absolute atomic E-state index is 0.715. The van der Waals surface area contributed by atoms with Crippen LogP contribution in [0.15, 0.2) is 53.6 Å². The summed E-state index contributed by atoms with van der Waals surface area (Å²) >= 11 is 5.84. The fraction of sp³-hybridized carbons (Fsp3) is 0.0625. The zero-order valence-electron chi connectivity index (χ0n) is 11.0. The molecule has 2 aromatic carbocycles. The Kier molecular flexibility index (Phi) is 3.44. The van der Waals surface area contributed by atoms with Gasteiger partial charge in [-0.1, -0.05) is 29.8 Å². The molecule has 0 aliphatic carbocycles. The van der Waals surface area contributed by atoms with Crippen molar-refractivity contribution >= 4 is 34.4 Å². The van der Waals surface area contributed by atoms with E-state index in [1.807, 2.05) is 49.5 Å². The fourth-order valence-electron chi connectivity index (χ4n) is 2.16. The number of hydrogen-bond donors (Lipinski definition) is 2. The number of fused-ring (bicyclic) bond motifs is 1. The summed E-state index contributed by atoms with van der Waals surface area (Å²) in [6.45, 7) is 2.05. The molecule has 3 aromatic rings. The van der Waals surface area contributed by atoms with E-state index >= 15 is 0 Å².